The summed E-state index contributed by atoms with van der Waals surface area (Å²) in [5, 5.41) is 3.52. The highest BCUT2D eigenvalue weighted by atomic mass is 14.9. The second kappa shape index (κ2) is 5.53. The van der Waals surface area contributed by atoms with E-state index < -0.39 is 0 Å². The Morgan fingerprint density at radius 1 is 1.00 bits per heavy atom. The van der Waals surface area contributed by atoms with E-state index in [1.54, 1.807) is 0 Å². The molecular weight excluding hydrogens is 194 g/mol. The van der Waals surface area contributed by atoms with Gasteiger partial charge in [0.15, 0.2) is 0 Å². The molecule has 0 radical (unpaired) electrons. The van der Waals surface area contributed by atoms with Crippen LogP contribution in [-0.2, 0) is 0 Å². The molecule has 1 N–H and O–H groups in total. The van der Waals surface area contributed by atoms with Crippen LogP contribution in [0.5, 0.6) is 0 Å². The van der Waals surface area contributed by atoms with Crippen LogP contribution in [-0.4, -0.2) is 13.1 Å². The van der Waals surface area contributed by atoms with Gasteiger partial charge in [0.1, 0.15) is 0 Å². The fourth-order valence-electron chi connectivity index (χ4n) is 3.46. The summed E-state index contributed by atoms with van der Waals surface area (Å²) >= 11 is 0. The average Bonchev–Trinajstić information content (AvgIpc) is 2.17. The third-order valence-electron chi connectivity index (χ3n) is 4.56. The summed E-state index contributed by atoms with van der Waals surface area (Å²) in [6.45, 7) is 11.9. The largest absolute Gasteiger partial charge is 0.316 e. The first-order chi connectivity index (χ1) is 7.36. The zero-order chi connectivity index (χ0) is 12.3. The minimum atomic E-state index is 0.512. The molecule has 1 aliphatic carbocycles. The number of hydrogen-bond acceptors (Lipinski definition) is 1. The van der Waals surface area contributed by atoms with Gasteiger partial charge < -0.3 is 5.32 Å². The minimum absolute atomic E-state index is 0.512. The minimum Gasteiger partial charge on any atom is -0.316 e. The Hall–Kier alpha value is -0.0400. The molecule has 0 spiro atoms. The first-order valence-electron chi connectivity index (χ1n) is 7.03. The molecule has 0 aromatic rings. The summed E-state index contributed by atoms with van der Waals surface area (Å²) in [5.74, 6) is 2.61. The van der Waals surface area contributed by atoms with Crippen molar-refractivity contribution in [2.45, 2.75) is 66.3 Å². The van der Waals surface area contributed by atoms with Gasteiger partial charge in [0.05, 0.1) is 0 Å². The molecule has 1 rings (SSSR count). The Kier molecular flexibility index (Phi) is 4.85. The van der Waals surface area contributed by atoms with Crippen LogP contribution in [0.2, 0.25) is 0 Å². The molecule has 96 valence electrons. The first kappa shape index (κ1) is 14.0. The Bertz CT molecular complexity index is 194. The summed E-state index contributed by atoms with van der Waals surface area (Å²) in [6, 6.07) is 0.723. The molecular formula is C15H31N. The van der Waals surface area contributed by atoms with Gasteiger partial charge in [-0.1, -0.05) is 34.6 Å². The lowest BCUT2D eigenvalue weighted by molar-refractivity contribution is 0.123. The van der Waals surface area contributed by atoms with Crippen LogP contribution in [0.4, 0.5) is 0 Å². The van der Waals surface area contributed by atoms with Gasteiger partial charge >= 0.3 is 0 Å². The Morgan fingerprint density at radius 3 is 1.81 bits per heavy atom. The highest BCUT2D eigenvalue weighted by Gasteiger charge is 2.33. The SMILES string of the molecule is CNC(C(C)C)C1CCC(C(C)(C)C)CC1. The Labute approximate surface area is 102 Å². The van der Waals surface area contributed by atoms with E-state index in [9.17, 15) is 0 Å². The molecule has 1 unspecified atom stereocenters. The summed E-state index contributed by atoms with van der Waals surface area (Å²) in [7, 11) is 2.13. The molecule has 1 heteroatoms. The second-order valence-electron chi connectivity index (χ2n) is 7.04. The normalized spacial score (nSPS) is 29.4. The van der Waals surface area contributed by atoms with E-state index in [4.69, 9.17) is 0 Å². The monoisotopic (exact) mass is 225 g/mol. The summed E-state index contributed by atoms with van der Waals surface area (Å²) in [6.07, 6.45) is 5.70. The van der Waals surface area contributed by atoms with Gasteiger partial charge in [0.2, 0.25) is 0 Å². The average molecular weight is 225 g/mol. The van der Waals surface area contributed by atoms with Crippen molar-refractivity contribution in [1.82, 2.24) is 5.32 Å². The summed E-state index contributed by atoms with van der Waals surface area (Å²) in [4.78, 5) is 0. The van der Waals surface area contributed by atoms with Gasteiger partial charge in [-0.25, -0.2) is 0 Å². The third kappa shape index (κ3) is 3.48. The van der Waals surface area contributed by atoms with E-state index in [1.165, 1.54) is 25.7 Å². The molecule has 0 aromatic heterocycles. The van der Waals surface area contributed by atoms with E-state index in [1.807, 2.05) is 0 Å². The molecule has 16 heavy (non-hydrogen) atoms. The van der Waals surface area contributed by atoms with Gasteiger partial charge in [-0.15, -0.1) is 0 Å². The van der Waals surface area contributed by atoms with Crippen molar-refractivity contribution in [3.63, 3.8) is 0 Å². The van der Waals surface area contributed by atoms with Crippen LogP contribution in [0.1, 0.15) is 60.3 Å². The van der Waals surface area contributed by atoms with Gasteiger partial charge in [-0.05, 0) is 55.9 Å². The molecule has 1 atom stereocenters. The van der Waals surface area contributed by atoms with Crippen molar-refractivity contribution in [2.24, 2.45) is 23.2 Å². The zero-order valence-electron chi connectivity index (χ0n) is 12.1. The van der Waals surface area contributed by atoms with E-state index in [0.717, 1.165) is 23.8 Å². The number of nitrogens with one attached hydrogen (secondary N) is 1. The summed E-state index contributed by atoms with van der Waals surface area (Å²) in [5.41, 5.74) is 0.512. The van der Waals surface area contributed by atoms with E-state index in [-0.39, 0.29) is 0 Å². The fraction of sp³-hybridized carbons (Fsp3) is 1.00. The lowest BCUT2D eigenvalue weighted by Gasteiger charge is -2.40. The van der Waals surface area contributed by atoms with Gasteiger partial charge in [0.25, 0.3) is 0 Å². The molecule has 1 saturated carbocycles. The van der Waals surface area contributed by atoms with Crippen LogP contribution in [0.25, 0.3) is 0 Å². The maximum Gasteiger partial charge on any atom is 0.0115 e. The van der Waals surface area contributed by atoms with E-state index in [2.05, 4.69) is 47.0 Å². The smallest absolute Gasteiger partial charge is 0.0115 e. The van der Waals surface area contributed by atoms with Crippen molar-refractivity contribution in [3.8, 4) is 0 Å². The standard InChI is InChI=1S/C15H31N/c1-11(2)14(16-6)12-7-9-13(10-8-12)15(3,4)5/h11-14,16H,7-10H2,1-6H3. The van der Waals surface area contributed by atoms with Gasteiger partial charge in [0, 0.05) is 6.04 Å². The van der Waals surface area contributed by atoms with Crippen LogP contribution < -0.4 is 5.32 Å². The molecule has 1 fully saturated rings. The molecule has 1 aliphatic rings. The fourth-order valence-corrected chi connectivity index (χ4v) is 3.46. The summed E-state index contributed by atoms with van der Waals surface area (Å²) < 4.78 is 0. The highest BCUT2D eigenvalue weighted by molar-refractivity contribution is 4.86. The van der Waals surface area contributed by atoms with Crippen molar-refractivity contribution in [1.29, 1.82) is 0 Å². The van der Waals surface area contributed by atoms with E-state index in [0.29, 0.717) is 5.41 Å². The maximum absolute atomic E-state index is 3.52. The van der Waals surface area contributed by atoms with Gasteiger partial charge in [-0.3, -0.25) is 0 Å². The zero-order valence-corrected chi connectivity index (χ0v) is 12.1. The van der Waals surface area contributed by atoms with Crippen molar-refractivity contribution in [2.75, 3.05) is 7.05 Å². The Balaban J connectivity index is 2.48. The molecule has 0 aliphatic heterocycles. The van der Waals surface area contributed by atoms with Crippen molar-refractivity contribution < 1.29 is 0 Å². The molecule has 1 nitrogen and oxygen atoms in total. The predicted molar refractivity (Wildman–Crippen MR) is 72.6 cm³/mol. The molecule has 0 amide bonds. The number of rotatable bonds is 3. The van der Waals surface area contributed by atoms with Crippen LogP contribution in [0, 0.1) is 23.2 Å². The maximum atomic E-state index is 3.52. The first-order valence-corrected chi connectivity index (χ1v) is 7.03. The third-order valence-corrected chi connectivity index (χ3v) is 4.56. The van der Waals surface area contributed by atoms with Crippen LogP contribution >= 0.6 is 0 Å². The topological polar surface area (TPSA) is 12.0 Å². The van der Waals surface area contributed by atoms with Crippen LogP contribution in [0.15, 0.2) is 0 Å². The molecule has 0 aromatic carbocycles. The quantitative estimate of drug-likeness (QED) is 0.763. The molecule has 0 bridgehead atoms. The van der Waals surface area contributed by atoms with Crippen molar-refractivity contribution in [3.05, 3.63) is 0 Å². The Morgan fingerprint density at radius 2 is 1.50 bits per heavy atom. The highest BCUT2D eigenvalue weighted by Crippen LogP contribution is 2.41. The van der Waals surface area contributed by atoms with Gasteiger partial charge in [-0.2, -0.15) is 0 Å². The van der Waals surface area contributed by atoms with E-state index >= 15 is 0 Å². The lowest BCUT2D eigenvalue weighted by atomic mass is 9.67. The second-order valence-corrected chi connectivity index (χ2v) is 7.04. The number of hydrogen-bond donors (Lipinski definition) is 1. The van der Waals surface area contributed by atoms with Crippen molar-refractivity contribution >= 4 is 0 Å². The lowest BCUT2D eigenvalue weighted by Crippen LogP contribution is -2.41. The van der Waals surface area contributed by atoms with Crippen LogP contribution in [0.3, 0.4) is 0 Å². The molecule has 0 saturated heterocycles. The predicted octanol–water partition coefficient (Wildman–Crippen LogP) is 4.08. The molecule has 0 heterocycles.